The Morgan fingerprint density at radius 3 is 2.38 bits per heavy atom. The molecule has 0 saturated heterocycles. The summed E-state index contributed by atoms with van der Waals surface area (Å²) in [6.07, 6.45) is -4.61. The van der Waals surface area contributed by atoms with Crippen LogP contribution in [0.5, 0.6) is 0 Å². The number of anilines is 1. The van der Waals surface area contributed by atoms with Gasteiger partial charge in [0.2, 0.25) is 11.8 Å². The number of nitrogens with zero attached hydrogens (tertiary/aromatic N) is 1. The van der Waals surface area contributed by atoms with Crippen LogP contribution in [0.2, 0.25) is 5.02 Å². The van der Waals surface area contributed by atoms with Gasteiger partial charge in [-0.2, -0.15) is 13.2 Å². The zero-order valence-corrected chi connectivity index (χ0v) is 15.8. The largest absolute Gasteiger partial charge is 0.417 e. The minimum absolute atomic E-state index is 0.0166. The Morgan fingerprint density at radius 2 is 1.85 bits per heavy atom. The number of halogens is 4. The molecular formula is C17H23ClF3N3O2. The Bertz CT molecular complexity index is 651. The Balaban J connectivity index is 2.67. The second kappa shape index (κ2) is 9.23. The minimum Gasteiger partial charge on any atom is -0.354 e. The molecule has 2 amide bonds. The molecule has 0 aromatic heterocycles. The summed E-state index contributed by atoms with van der Waals surface area (Å²) in [7, 11) is 1.59. The fraction of sp³-hybridized carbons (Fsp3) is 0.529. The third-order valence-electron chi connectivity index (χ3n) is 3.67. The first-order valence-corrected chi connectivity index (χ1v) is 8.44. The van der Waals surface area contributed by atoms with Gasteiger partial charge in [-0.15, -0.1) is 0 Å². The lowest BCUT2D eigenvalue weighted by Crippen LogP contribution is -2.46. The molecule has 9 heteroatoms. The topological polar surface area (TPSA) is 61.4 Å². The smallest absolute Gasteiger partial charge is 0.354 e. The van der Waals surface area contributed by atoms with E-state index in [4.69, 9.17) is 11.6 Å². The van der Waals surface area contributed by atoms with Gasteiger partial charge in [0.05, 0.1) is 23.2 Å². The standard InChI is InChI=1S/C17H23ClF3N3O2/c1-10(2)8-22-16(26)11(3)24(4)9-15(25)23-12-5-6-14(18)13(7-12)17(19,20)21/h5-7,10-11H,8-9H2,1-4H3,(H,22,26)(H,23,25). The van der Waals surface area contributed by atoms with Crippen molar-refractivity contribution in [2.75, 3.05) is 25.5 Å². The van der Waals surface area contributed by atoms with Crippen LogP contribution in [0.3, 0.4) is 0 Å². The van der Waals surface area contributed by atoms with E-state index in [0.29, 0.717) is 12.5 Å². The number of hydrogen-bond acceptors (Lipinski definition) is 3. The van der Waals surface area contributed by atoms with Crippen LogP contribution >= 0.6 is 11.6 Å². The van der Waals surface area contributed by atoms with Crippen molar-refractivity contribution < 1.29 is 22.8 Å². The third kappa shape index (κ3) is 6.84. The van der Waals surface area contributed by atoms with E-state index in [-0.39, 0.29) is 18.1 Å². The minimum atomic E-state index is -4.61. The monoisotopic (exact) mass is 393 g/mol. The maximum absolute atomic E-state index is 12.9. The zero-order valence-electron chi connectivity index (χ0n) is 15.1. The average molecular weight is 394 g/mol. The summed E-state index contributed by atoms with van der Waals surface area (Å²) >= 11 is 5.54. The van der Waals surface area contributed by atoms with E-state index in [0.717, 1.165) is 12.1 Å². The van der Waals surface area contributed by atoms with Crippen LogP contribution in [0.15, 0.2) is 18.2 Å². The predicted molar refractivity (Wildman–Crippen MR) is 95.0 cm³/mol. The third-order valence-corrected chi connectivity index (χ3v) is 4.00. The Kier molecular flexibility index (Phi) is 7.89. The van der Waals surface area contributed by atoms with Crippen LogP contribution in [0.1, 0.15) is 26.3 Å². The molecule has 0 aliphatic carbocycles. The first-order chi connectivity index (χ1) is 11.9. The van der Waals surface area contributed by atoms with Crippen LogP contribution < -0.4 is 10.6 Å². The molecule has 26 heavy (non-hydrogen) atoms. The molecule has 0 spiro atoms. The molecule has 1 aromatic carbocycles. The second-order valence-electron chi connectivity index (χ2n) is 6.47. The lowest BCUT2D eigenvalue weighted by atomic mass is 10.2. The predicted octanol–water partition coefficient (Wildman–Crippen LogP) is 3.39. The van der Waals surface area contributed by atoms with Gasteiger partial charge >= 0.3 is 6.18 Å². The summed E-state index contributed by atoms with van der Waals surface area (Å²) < 4.78 is 38.6. The van der Waals surface area contributed by atoms with Crippen molar-refractivity contribution in [3.63, 3.8) is 0 Å². The molecule has 1 unspecified atom stereocenters. The van der Waals surface area contributed by atoms with E-state index < -0.39 is 28.7 Å². The van der Waals surface area contributed by atoms with Gasteiger partial charge in [0, 0.05) is 12.2 Å². The molecule has 1 aromatic rings. The van der Waals surface area contributed by atoms with Gasteiger partial charge in [-0.25, -0.2) is 0 Å². The summed E-state index contributed by atoms with van der Waals surface area (Å²) in [5, 5.41) is 4.71. The van der Waals surface area contributed by atoms with Crippen molar-refractivity contribution in [3.05, 3.63) is 28.8 Å². The van der Waals surface area contributed by atoms with Crippen molar-refractivity contribution in [2.45, 2.75) is 33.0 Å². The molecule has 1 atom stereocenters. The van der Waals surface area contributed by atoms with Crippen LogP contribution in [-0.4, -0.2) is 42.9 Å². The molecule has 0 aliphatic rings. The van der Waals surface area contributed by atoms with Crippen LogP contribution in [0.25, 0.3) is 0 Å². The molecule has 0 heterocycles. The summed E-state index contributed by atoms with van der Waals surface area (Å²) in [4.78, 5) is 25.6. The quantitative estimate of drug-likeness (QED) is 0.746. The van der Waals surface area contributed by atoms with E-state index in [2.05, 4.69) is 10.6 Å². The van der Waals surface area contributed by atoms with Crippen molar-refractivity contribution in [1.82, 2.24) is 10.2 Å². The SMILES string of the molecule is CC(C)CNC(=O)C(C)N(C)CC(=O)Nc1ccc(Cl)c(C(F)(F)F)c1. The van der Waals surface area contributed by atoms with E-state index >= 15 is 0 Å². The first kappa shape index (κ1) is 22.2. The second-order valence-corrected chi connectivity index (χ2v) is 6.88. The van der Waals surface area contributed by atoms with E-state index in [9.17, 15) is 22.8 Å². The lowest BCUT2D eigenvalue weighted by molar-refractivity contribution is -0.137. The summed E-state index contributed by atoms with van der Waals surface area (Å²) in [5.74, 6) is -0.459. The average Bonchev–Trinajstić information content (AvgIpc) is 2.52. The van der Waals surface area contributed by atoms with Gasteiger partial charge in [0.15, 0.2) is 0 Å². The van der Waals surface area contributed by atoms with Crippen molar-refractivity contribution in [1.29, 1.82) is 0 Å². The van der Waals surface area contributed by atoms with Gasteiger partial charge in [-0.3, -0.25) is 14.5 Å². The molecule has 0 aliphatic heterocycles. The Labute approximate surface area is 155 Å². The summed E-state index contributed by atoms with van der Waals surface area (Å²) in [6.45, 7) is 5.94. The highest BCUT2D eigenvalue weighted by Crippen LogP contribution is 2.36. The number of carbonyl (C=O) groups is 2. The number of carbonyl (C=O) groups excluding carboxylic acids is 2. The zero-order chi connectivity index (χ0) is 20.1. The highest BCUT2D eigenvalue weighted by molar-refractivity contribution is 6.31. The normalized spacial score (nSPS) is 13.0. The first-order valence-electron chi connectivity index (χ1n) is 8.06. The van der Waals surface area contributed by atoms with E-state index in [1.54, 1.807) is 14.0 Å². The van der Waals surface area contributed by atoms with Crippen LogP contribution in [0.4, 0.5) is 18.9 Å². The number of rotatable bonds is 7. The van der Waals surface area contributed by atoms with Gasteiger partial charge in [-0.1, -0.05) is 25.4 Å². The fourth-order valence-electron chi connectivity index (χ4n) is 2.04. The maximum Gasteiger partial charge on any atom is 0.417 e. The number of nitrogens with one attached hydrogen (secondary N) is 2. The highest BCUT2D eigenvalue weighted by Gasteiger charge is 2.33. The highest BCUT2D eigenvalue weighted by atomic mass is 35.5. The Hall–Kier alpha value is -1.80. The number of alkyl halides is 3. The van der Waals surface area contributed by atoms with Gasteiger partial charge in [0.1, 0.15) is 0 Å². The van der Waals surface area contributed by atoms with E-state index in [1.165, 1.54) is 11.0 Å². The van der Waals surface area contributed by atoms with Gasteiger partial charge < -0.3 is 10.6 Å². The number of likely N-dealkylation sites (N-methyl/N-ethyl adjacent to an activating group) is 1. The van der Waals surface area contributed by atoms with Gasteiger partial charge in [-0.05, 0) is 38.1 Å². The van der Waals surface area contributed by atoms with Crippen molar-refractivity contribution >= 4 is 29.1 Å². The molecule has 146 valence electrons. The van der Waals surface area contributed by atoms with E-state index in [1.807, 2.05) is 13.8 Å². The number of amides is 2. The number of hydrogen-bond donors (Lipinski definition) is 2. The molecular weight excluding hydrogens is 371 g/mol. The lowest BCUT2D eigenvalue weighted by Gasteiger charge is -2.23. The maximum atomic E-state index is 12.9. The van der Waals surface area contributed by atoms with Crippen LogP contribution in [-0.2, 0) is 15.8 Å². The van der Waals surface area contributed by atoms with Crippen LogP contribution in [0, 0.1) is 5.92 Å². The summed E-state index contributed by atoms with van der Waals surface area (Å²) in [5.41, 5.74) is -1.04. The molecule has 0 radical (unpaired) electrons. The molecule has 0 bridgehead atoms. The van der Waals surface area contributed by atoms with Crippen molar-refractivity contribution in [3.8, 4) is 0 Å². The Morgan fingerprint density at radius 1 is 1.23 bits per heavy atom. The molecule has 0 fully saturated rings. The molecule has 0 saturated carbocycles. The molecule has 5 nitrogen and oxygen atoms in total. The van der Waals surface area contributed by atoms with Gasteiger partial charge in [0.25, 0.3) is 0 Å². The molecule has 2 N–H and O–H groups in total. The summed E-state index contributed by atoms with van der Waals surface area (Å²) in [6, 6.07) is 2.58. The fourth-order valence-corrected chi connectivity index (χ4v) is 2.26. The van der Waals surface area contributed by atoms with Crippen molar-refractivity contribution in [2.24, 2.45) is 5.92 Å². The molecule has 1 rings (SSSR count). The number of benzene rings is 1.